The van der Waals surface area contributed by atoms with Crippen molar-refractivity contribution in [3.8, 4) is 17.2 Å². The first-order chi connectivity index (χ1) is 9.47. The van der Waals surface area contributed by atoms with Crippen LogP contribution in [-0.4, -0.2) is 44.6 Å². The Morgan fingerprint density at radius 1 is 1.15 bits per heavy atom. The molecule has 1 aromatic carbocycles. The third kappa shape index (κ3) is 4.90. The molecule has 0 saturated carbocycles. The Bertz CT molecular complexity index is 395. The fourth-order valence-electron chi connectivity index (χ4n) is 1.76. The van der Waals surface area contributed by atoms with Crippen molar-refractivity contribution >= 4 is 0 Å². The fraction of sp³-hybridized carbons (Fsp3) is 0.600. The van der Waals surface area contributed by atoms with Gasteiger partial charge in [-0.15, -0.1) is 0 Å². The number of nitrogens with one attached hydrogen (secondary N) is 1. The minimum atomic E-state index is -0.590. The number of ether oxygens (including phenoxy) is 3. The Morgan fingerprint density at radius 3 is 2.15 bits per heavy atom. The molecule has 0 aromatic heterocycles. The molecule has 0 fully saturated rings. The quantitative estimate of drug-likeness (QED) is 0.761. The van der Waals surface area contributed by atoms with E-state index in [1.165, 1.54) is 0 Å². The van der Waals surface area contributed by atoms with Gasteiger partial charge in [0.05, 0.1) is 14.2 Å². The molecular weight excluding hydrogens is 258 g/mol. The smallest absolute Gasteiger partial charge is 0.203 e. The van der Waals surface area contributed by atoms with Crippen molar-refractivity contribution < 1.29 is 19.3 Å². The zero-order valence-electron chi connectivity index (χ0n) is 12.9. The van der Waals surface area contributed by atoms with Gasteiger partial charge in [0, 0.05) is 12.6 Å². The molecule has 2 N–H and O–H groups in total. The molecule has 0 aliphatic rings. The normalized spacial score (nSPS) is 12.3. The van der Waals surface area contributed by atoms with Gasteiger partial charge in [-0.1, -0.05) is 13.8 Å². The van der Waals surface area contributed by atoms with Crippen molar-refractivity contribution in [2.75, 3.05) is 27.4 Å². The van der Waals surface area contributed by atoms with Gasteiger partial charge in [-0.05, 0) is 24.6 Å². The van der Waals surface area contributed by atoms with Gasteiger partial charge in [0.1, 0.15) is 12.7 Å². The lowest BCUT2D eigenvalue weighted by molar-refractivity contribution is 0.101. The summed E-state index contributed by atoms with van der Waals surface area (Å²) in [6, 6.07) is 4.07. The molecule has 1 atom stereocenters. The molecule has 0 amide bonds. The lowest BCUT2D eigenvalue weighted by Gasteiger charge is -2.18. The van der Waals surface area contributed by atoms with Crippen LogP contribution in [0, 0.1) is 6.92 Å². The summed E-state index contributed by atoms with van der Waals surface area (Å²) in [6.45, 7) is 6.67. The third-order valence-electron chi connectivity index (χ3n) is 2.79. The summed E-state index contributed by atoms with van der Waals surface area (Å²) in [7, 11) is 3.16. The highest BCUT2D eigenvalue weighted by Gasteiger charge is 2.15. The molecule has 0 radical (unpaired) electrons. The second-order valence-corrected chi connectivity index (χ2v) is 5.03. The molecule has 20 heavy (non-hydrogen) atoms. The molecule has 5 heteroatoms. The van der Waals surface area contributed by atoms with Gasteiger partial charge >= 0.3 is 0 Å². The lowest BCUT2D eigenvalue weighted by atomic mass is 10.2. The first kappa shape index (κ1) is 16.6. The van der Waals surface area contributed by atoms with E-state index in [1.54, 1.807) is 14.2 Å². The van der Waals surface area contributed by atoms with Crippen LogP contribution in [0.1, 0.15) is 19.4 Å². The summed E-state index contributed by atoms with van der Waals surface area (Å²) in [5, 5.41) is 13.0. The molecule has 0 saturated heterocycles. The Kier molecular flexibility index (Phi) is 6.61. The van der Waals surface area contributed by atoms with Crippen molar-refractivity contribution in [3.63, 3.8) is 0 Å². The van der Waals surface area contributed by atoms with Crippen LogP contribution >= 0.6 is 0 Å². The summed E-state index contributed by atoms with van der Waals surface area (Å²) >= 11 is 0. The van der Waals surface area contributed by atoms with Crippen LogP contribution < -0.4 is 19.5 Å². The van der Waals surface area contributed by atoms with Gasteiger partial charge in [-0.25, -0.2) is 0 Å². The average Bonchev–Trinajstić information content (AvgIpc) is 2.42. The molecule has 0 heterocycles. The molecule has 1 aromatic rings. The monoisotopic (exact) mass is 283 g/mol. The average molecular weight is 283 g/mol. The predicted molar refractivity (Wildman–Crippen MR) is 78.9 cm³/mol. The molecule has 0 spiro atoms. The van der Waals surface area contributed by atoms with Gasteiger partial charge in [-0.3, -0.25) is 0 Å². The van der Waals surface area contributed by atoms with E-state index >= 15 is 0 Å². The molecule has 1 unspecified atom stereocenters. The Hall–Kier alpha value is -1.46. The van der Waals surface area contributed by atoms with Crippen LogP contribution in [-0.2, 0) is 0 Å². The van der Waals surface area contributed by atoms with Crippen LogP contribution in [0.25, 0.3) is 0 Å². The first-order valence-electron chi connectivity index (χ1n) is 6.74. The van der Waals surface area contributed by atoms with E-state index in [2.05, 4.69) is 5.32 Å². The standard InChI is InChI=1S/C15H25NO4/c1-10(2)16-8-12(17)9-20-15-13(18-4)6-11(3)7-14(15)19-5/h6-7,10,12,16-17H,8-9H2,1-5H3. The highest BCUT2D eigenvalue weighted by molar-refractivity contribution is 5.53. The van der Waals surface area contributed by atoms with Gasteiger partial charge < -0.3 is 24.6 Å². The number of methoxy groups -OCH3 is 2. The third-order valence-corrected chi connectivity index (χ3v) is 2.79. The van der Waals surface area contributed by atoms with Crippen molar-refractivity contribution in [3.05, 3.63) is 17.7 Å². The van der Waals surface area contributed by atoms with E-state index in [1.807, 2.05) is 32.9 Å². The number of aliphatic hydroxyl groups excluding tert-OH is 1. The fourth-order valence-corrected chi connectivity index (χ4v) is 1.76. The number of rotatable bonds is 8. The summed E-state index contributed by atoms with van der Waals surface area (Å²) in [4.78, 5) is 0. The summed E-state index contributed by atoms with van der Waals surface area (Å²) in [5.74, 6) is 1.72. The molecule has 0 bridgehead atoms. The highest BCUT2D eigenvalue weighted by Crippen LogP contribution is 2.38. The van der Waals surface area contributed by atoms with Crippen LogP contribution in [0.4, 0.5) is 0 Å². The minimum Gasteiger partial charge on any atom is -0.493 e. The molecule has 5 nitrogen and oxygen atoms in total. The number of aryl methyl sites for hydroxylation is 1. The van der Waals surface area contributed by atoms with Gasteiger partial charge in [-0.2, -0.15) is 0 Å². The van der Waals surface area contributed by atoms with Gasteiger partial charge in [0.15, 0.2) is 11.5 Å². The van der Waals surface area contributed by atoms with E-state index < -0.39 is 6.10 Å². The zero-order chi connectivity index (χ0) is 15.1. The van der Waals surface area contributed by atoms with Crippen LogP contribution in [0.2, 0.25) is 0 Å². The van der Waals surface area contributed by atoms with Crippen molar-refractivity contribution in [2.45, 2.75) is 32.9 Å². The van der Waals surface area contributed by atoms with Crippen molar-refractivity contribution in [2.24, 2.45) is 0 Å². The lowest BCUT2D eigenvalue weighted by Crippen LogP contribution is -2.35. The van der Waals surface area contributed by atoms with E-state index in [4.69, 9.17) is 14.2 Å². The maximum Gasteiger partial charge on any atom is 0.203 e. The van der Waals surface area contributed by atoms with Crippen LogP contribution in [0.3, 0.4) is 0 Å². The highest BCUT2D eigenvalue weighted by atomic mass is 16.5. The van der Waals surface area contributed by atoms with Crippen LogP contribution in [0.15, 0.2) is 12.1 Å². The van der Waals surface area contributed by atoms with Crippen LogP contribution in [0.5, 0.6) is 17.2 Å². The number of hydrogen-bond acceptors (Lipinski definition) is 5. The van der Waals surface area contributed by atoms with Gasteiger partial charge in [0.25, 0.3) is 0 Å². The van der Waals surface area contributed by atoms with Crippen molar-refractivity contribution in [1.82, 2.24) is 5.32 Å². The van der Waals surface area contributed by atoms with E-state index in [0.717, 1.165) is 5.56 Å². The molecule has 114 valence electrons. The number of benzene rings is 1. The zero-order valence-corrected chi connectivity index (χ0v) is 12.9. The molecular formula is C15H25NO4. The summed E-state index contributed by atoms with van der Waals surface area (Å²) < 4.78 is 16.3. The second-order valence-electron chi connectivity index (χ2n) is 5.03. The SMILES string of the molecule is COc1cc(C)cc(OC)c1OCC(O)CNC(C)C. The number of hydrogen-bond donors (Lipinski definition) is 2. The van der Waals surface area contributed by atoms with Crippen molar-refractivity contribution in [1.29, 1.82) is 0 Å². The van der Waals surface area contributed by atoms with E-state index in [0.29, 0.717) is 29.8 Å². The Morgan fingerprint density at radius 2 is 1.70 bits per heavy atom. The first-order valence-corrected chi connectivity index (χ1v) is 6.74. The van der Waals surface area contributed by atoms with Gasteiger partial charge in [0.2, 0.25) is 5.75 Å². The molecule has 1 rings (SSSR count). The minimum absolute atomic E-state index is 0.176. The maximum absolute atomic E-state index is 9.87. The summed E-state index contributed by atoms with van der Waals surface area (Å²) in [5.41, 5.74) is 1.02. The predicted octanol–water partition coefficient (Wildman–Crippen LogP) is 1.75. The Balaban J connectivity index is 2.71. The maximum atomic E-state index is 9.87. The topological polar surface area (TPSA) is 60.0 Å². The van der Waals surface area contributed by atoms with E-state index in [9.17, 15) is 5.11 Å². The van der Waals surface area contributed by atoms with E-state index in [-0.39, 0.29) is 6.61 Å². The Labute approximate surface area is 120 Å². The summed E-state index contributed by atoms with van der Waals surface area (Å²) in [6.07, 6.45) is -0.590. The molecule has 0 aliphatic carbocycles. The second kappa shape index (κ2) is 7.97. The number of aliphatic hydroxyl groups is 1. The molecule has 0 aliphatic heterocycles. The largest absolute Gasteiger partial charge is 0.493 e.